The molecule has 13 heavy (non-hydrogen) atoms. The number of thiophene rings is 1. The second-order valence-electron chi connectivity index (χ2n) is 2.58. The van der Waals surface area contributed by atoms with Crippen LogP contribution in [0, 0.1) is 2.88 Å². The van der Waals surface area contributed by atoms with E-state index in [0.717, 1.165) is 16.6 Å². The van der Waals surface area contributed by atoms with Crippen molar-refractivity contribution in [3.05, 3.63) is 26.6 Å². The highest BCUT2D eigenvalue weighted by Crippen LogP contribution is 2.32. The predicted octanol–water partition coefficient (Wildman–Crippen LogP) is 3.61. The van der Waals surface area contributed by atoms with Crippen molar-refractivity contribution in [2.45, 2.75) is 4.90 Å². The standard InChI is InChI=1S/C9H5IOS2/c10-8-3-6-7(13-8)2-1-5(4-11)9(6)12/h1-4,12H. The van der Waals surface area contributed by atoms with E-state index in [1.54, 1.807) is 11.3 Å². The highest BCUT2D eigenvalue weighted by Gasteiger charge is 2.06. The van der Waals surface area contributed by atoms with Crippen molar-refractivity contribution in [1.82, 2.24) is 0 Å². The van der Waals surface area contributed by atoms with Crippen LogP contribution in [0.15, 0.2) is 23.1 Å². The lowest BCUT2D eigenvalue weighted by molar-refractivity contribution is 0.112. The average molecular weight is 320 g/mol. The van der Waals surface area contributed by atoms with Crippen molar-refractivity contribution in [3.8, 4) is 0 Å². The van der Waals surface area contributed by atoms with Gasteiger partial charge in [-0.05, 0) is 40.8 Å². The number of carbonyl (C=O) groups is 1. The van der Waals surface area contributed by atoms with Crippen LogP contribution in [0.2, 0.25) is 0 Å². The van der Waals surface area contributed by atoms with Crippen LogP contribution in [0.25, 0.3) is 10.1 Å². The van der Waals surface area contributed by atoms with Gasteiger partial charge in [0.2, 0.25) is 0 Å². The number of carbonyl (C=O) groups excluding carboxylic acids is 1. The van der Waals surface area contributed by atoms with Gasteiger partial charge in [0.15, 0.2) is 6.29 Å². The Morgan fingerprint density at radius 2 is 2.23 bits per heavy atom. The minimum Gasteiger partial charge on any atom is -0.298 e. The maximum Gasteiger partial charge on any atom is 0.151 e. The van der Waals surface area contributed by atoms with E-state index < -0.39 is 0 Å². The lowest BCUT2D eigenvalue weighted by Crippen LogP contribution is -1.81. The smallest absolute Gasteiger partial charge is 0.151 e. The molecule has 1 heterocycles. The molecular formula is C9H5IOS2. The van der Waals surface area contributed by atoms with E-state index in [1.165, 1.54) is 7.58 Å². The molecule has 0 fully saturated rings. The molecule has 1 nitrogen and oxygen atoms in total. The van der Waals surface area contributed by atoms with Crippen molar-refractivity contribution >= 4 is 62.9 Å². The summed E-state index contributed by atoms with van der Waals surface area (Å²) in [6.07, 6.45) is 0.840. The first-order chi connectivity index (χ1) is 6.22. The Balaban J connectivity index is 2.85. The molecule has 1 aromatic carbocycles. The third-order valence-corrected chi connectivity index (χ3v) is 4.16. The fourth-order valence-corrected chi connectivity index (χ4v) is 3.38. The van der Waals surface area contributed by atoms with Crippen molar-refractivity contribution in [2.24, 2.45) is 0 Å². The SMILES string of the molecule is O=Cc1ccc2sc(I)cc2c1S. The molecule has 0 saturated carbocycles. The zero-order chi connectivity index (χ0) is 9.42. The van der Waals surface area contributed by atoms with Crippen LogP contribution < -0.4 is 0 Å². The van der Waals surface area contributed by atoms with Gasteiger partial charge in [-0.25, -0.2) is 0 Å². The largest absolute Gasteiger partial charge is 0.298 e. The molecule has 2 aromatic rings. The molecule has 0 unspecified atom stereocenters. The number of hydrogen-bond acceptors (Lipinski definition) is 3. The minimum absolute atomic E-state index is 0.657. The Bertz CT molecular complexity index is 476. The molecule has 0 N–H and O–H groups in total. The molecule has 0 aliphatic heterocycles. The lowest BCUT2D eigenvalue weighted by Gasteiger charge is -1.97. The summed E-state index contributed by atoms with van der Waals surface area (Å²) in [7, 11) is 0. The van der Waals surface area contributed by atoms with Crippen LogP contribution in [0.4, 0.5) is 0 Å². The van der Waals surface area contributed by atoms with Gasteiger partial charge in [-0.15, -0.1) is 24.0 Å². The van der Waals surface area contributed by atoms with E-state index in [9.17, 15) is 4.79 Å². The second kappa shape index (κ2) is 3.59. The van der Waals surface area contributed by atoms with Gasteiger partial charge in [-0.2, -0.15) is 0 Å². The fourth-order valence-electron chi connectivity index (χ4n) is 1.18. The Morgan fingerprint density at radius 3 is 2.92 bits per heavy atom. The number of thiol groups is 1. The predicted molar refractivity (Wildman–Crippen MR) is 67.2 cm³/mol. The molecule has 0 radical (unpaired) electrons. The van der Waals surface area contributed by atoms with Gasteiger partial charge in [0.1, 0.15) is 0 Å². The summed E-state index contributed by atoms with van der Waals surface area (Å²) >= 11 is 8.31. The Morgan fingerprint density at radius 1 is 1.46 bits per heavy atom. The normalized spacial score (nSPS) is 10.6. The highest BCUT2D eigenvalue weighted by molar-refractivity contribution is 14.1. The molecule has 0 atom stereocenters. The molecule has 0 aliphatic rings. The fraction of sp³-hybridized carbons (Fsp3) is 0. The first-order valence-corrected chi connectivity index (χ1v) is 5.93. The number of halogens is 1. The van der Waals surface area contributed by atoms with Crippen LogP contribution in [0.1, 0.15) is 10.4 Å². The molecule has 0 saturated heterocycles. The summed E-state index contributed by atoms with van der Waals surface area (Å²) in [6, 6.07) is 5.83. The van der Waals surface area contributed by atoms with Crippen molar-refractivity contribution in [2.75, 3.05) is 0 Å². The maximum absolute atomic E-state index is 10.6. The Labute approximate surface area is 98.7 Å². The van der Waals surface area contributed by atoms with E-state index in [2.05, 4.69) is 41.3 Å². The molecule has 0 aliphatic carbocycles. The quantitative estimate of drug-likeness (QED) is 0.483. The summed E-state index contributed by atoms with van der Waals surface area (Å²) in [5.41, 5.74) is 0.657. The molecule has 1 aromatic heterocycles. The van der Waals surface area contributed by atoms with E-state index in [-0.39, 0.29) is 0 Å². The zero-order valence-electron chi connectivity index (χ0n) is 6.45. The monoisotopic (exact) mass is 320 g/mol. The van der Waals surface area contributed by atoms with Crippen molar-refractivity contribution < 1.29 is 4.79 Å². The van der Waals surface area contributed by atoms with Gasteiger partial charge in [0.05, 0.1) is 2.88 Å². The molecule has 2 rings (SSSR count). The van der Waals surface area contributed by atoms with Crippen molar-refractivity contribution in [3.63, 3.8) is 0 Å². The summed E-state index contributed by atoms with van der Waals surface area (Å²) in [5.74, 6) is 0. The third kappa shape index (κ3) is 1.62. The summed E-state index contributed by atoms with van der Waals surface area (Å²) in [4.78, 5) is 11.4. The topological polar surface area (TPSA) is 17.1 Å². The lowest BCUT2D eigenvalue weighted by atomic mass is 10.2. The second-order valence-corrected chi connectivity index (χ2v) is 6.01. The number of aldehydes is 1. The molecule has 4 heteroatoms. The molecule has 0 amide bonds. The third-order valence-electron chi connectivity index (χ3n) is 1.80. The van der Waals surface area contributed by atoms with Gasteiger partial charge in [-0.1, -0.05) is 0 Å². The van der Waals surface area contributed by atoms with Crippen LogP contribution in [0.5, 0.6) is 0 Å². The van der Waals surface area contributed by atoms with E-state index in [1.807, 2.05) is 12.1 Å². The first-order valence-electron chi connectivity index (χ1n) is 3.58. The van der Waals surface area contributed by atoms with Gasteiger partial charge in [0, 0.05) is 20.5 Å². The number of rotatable bonds is 1. The highest BCUT2D eigenvalue weighted by atomic mass is 127. The number of hydrogen-bond donors (Lipinski definition) is 1. The van der Waals surface area contributed by atoms with E-state index in [4.69, 9.17) is 0 Å². The molecule has 0 spiro atoms. The van der Waals surface area contributed by atoms with Gasteiger partial charge >= 0.3 is 0 Å². The van der Waals surface area contributed by atoms with Gasteiger partial charge in [-0.3, -0.25) is 4.79 Å². The molecular weight excluding hydrogens is 315 g/mol. The number of benzene rings is 1. The maximum atomic E-state index is 10.6. The van der Waals surface area contributed by atoms with Crippen LogP contribution in [0.3, 0.4) is 0 Å². The Hall–Kier alpha value is -0.0700. The molecule has 0 bridgehead atoms. The first kappa shape index (κ1) is 9.48. The zero-order valence-corrected chi connectivity index (χ0v) is 10.3. The molecule has 66 valence electrons. The van der Waals surface area contributed by atoms with Crippen molar-refractivity contribution in [1.29, 1.82) is 0 Å². The summed E-state index contributed by atoms with van der Waals surface area (Å²) in [5, 5.41) is 1.07. The van der Waals surface area contributed by atoms with E-state index in [0.29, 0.717) is 5.56 Å². The summed E-state index contributed by atoms with van der Waals surface area (Å²) in [6.45, 7) is 0. The van der Waals surface area contributed by atoms with Crippen LogP contribution in [-0.2, 0) is 0 Å². The summed E-state index contributed by atoms with van der Waals surface area (Å²) < 4.78 is 2.39. The minimum atomic E-state index is 0.657. The van der Waals surface area contributed by atoms with Gasteiger partial charge < -0.3 is 0 Å². The van der Waals surface area contributed by atoms with Crippen LogP contribution >= 0.6 is 46.6 Å². The van der Waals surface area contributed by atoms with Gasteiger partial charge in [0.25, 0.3) is 0 Å². The average Bonchev–Trinajstić information content (AvgIpc) is 2.47. The number of fused-ring (bicyclic) bond motifs is 1. The van der Waals surface area contributed by atoms with E-state index >= 15 is 0 Å². The Kier molecular flexibility index (Phi) is 2.62. The van der Waals surface area contributed by atoms with Crippen LogP contribution in [-0.4, -0.2) is 6.29 Å².